The maximum absolute atomic E-state index is 13.5. The monoisotopic (exact) mass is 230 g/mol. The molecule has 0 amide bonds. The molecule has 1 rings (SSSR count). The van der Waals surface area contributed by atoms with E-state index in [9.17, 15) is 9.18 Å². The van der Waals surface area contributed by atoms with Crippen LogP contribution in [0.15, 0.2) is 12.1 Å². The molecule has 82 valence electrons. The lowest BCUT2D eigenvalue weighted by atomic mass is 9.98. The molecule has 0 aliphatic rings. The molecule has 0 aliphatic carbocycles. The highest BCUT2D eigenvalue weighted by Crippen LogP contribution is 2.30. The standard InChI is InChI=1S/C11H12ClFO2/c1-6-4-5-8(13)9(10(6)12)7(2)11(14)15-3/h4-5,7H,1-3H3. The topological polar surface area (TPSA) is 26.3 Å². The Hall–Kier alpha value is -1.09. The van der Waals surface area contributed by atoms with Crippen molar-refractivity contribution in [2.45, 2.75) is 19.8 Å². The molecule has 0 bridgehead atoms. The molecule has 0 saturated carbocycles. The smallest absolute Gasteiger partial charge is 0.313 e. The summed E-state index contributed by atoms with van der Waals surface area (Å²) in [4.78, 5) is 11.3. The molecule has 2 nitrogen and oxygen atoms in total. The quantitative estimate of drug-likeness (QED) is 0.730. The minimum absolute atomic E-state index is 0.198. The van der Waals surface area contributed by atoms with Gasteiger partial charge < -0.3 is 4.74 Å². The molecule has 0 saturated heterocycles. The number of hydrogen-bond donors (Lipinski definition) is 0. The summed E-state index contributed by atoms with van der Waals surface area (Å²) in [5, 5.41) is 0.285. The van der Waals surface area contributed by atoms with E-state index in [4.69, 9.17) is 11.6 Å². The third kappa shape index (κ3) is 2.29. The number of benzene rings is 1. The summed E-state index contributed by atoms with van der Waals surface area (Å²) in [7, 11) is 1.26. The molecular formula is C11H12ClFO2. The first-order valence-corrected chi connectivity index (χ1v) is 4.89. The summed E-state index contributed by atoms with van der Waals surface area (Å²) in [5.74, 6) is -1.67. The van der Waals surface area contributed by atoms with Gasteiger partial charge in [-0.15, -0.1) is 0 Å². The lowest BCUT2D eigenvalue weighted by Crippen LogP contribution is -2.13. The molecule has 1 aromatic carbocycles. The van der Waals surface area contributed by atoms with Gasteiger partial charge in [-0.05, 0) is 25.5 Å². The lowest BCUT2D eigenvalue weighted by Gasteiger charge is -2.13. The third-order valence-corrected chi connectivity index (χ3v) is 2.81. The zero-order valence-electron chi connectivity index (χ0n) is 8.80. The van der Waals surface area contributed by atoms with Crippen molar-refractivity contribution >= 4 is 17.6 Å². The fourth-order valence-electron chi connectivity index (χ4n) is 1.37. The third-order valence-electron chi connectivity index (χ3n) is 2.31. The van der Waals surface area contributed by atoms with Crippen LogP contribution >= 0.6 is 11.6 Å². The van der Waals surface area contributed by atoms with Crippen molar-refractivity contribution in [1.29, 1.82) is 0 Å². The van der Waals surface area contributed by atoms with E-state index < -0.39 is 17.7 Å². The number of carbonyl (C=O) groups is 1. The second-order valence-electron chi connectivity index (χ2n) is 3.34. The average molecular weight is 231 g/mol. The molecule has 0 heterocycles. The zero-order valence-corrected chi connectivity index (χ0v) is 9.56. The fourth-order valence-corrected chi connectivity index (χ4v) is 1.69. The van der Waals surface area contributed by atoms with E-state index >= 15 is 0 Å². The predicted octanol–water partition coefficient (Wildman–Crippen LogP) is 3.06. The van der Waals surface area contributed by atoms with Gasteiger partial charge in [0, 0.05) is 5.56 Å². The van der Waals surface area contributed by atoms with Crippen LogP contribution in [0.3, 0.4) is 0 Å². The van der Waals surface area contributed by atoms with E-state index in [0.717, 1.165) is 5.56 Å². The summed E-state index contributed by atoms with van der Waals surface area (Å²) in [6.07, 6.45) is 0. The van der Waals surface area contributed by atoms with Gasteiger partial charge in [-0.3, -0.25) is 4.79 Å². The number of halogens is 2. The van der Waals surface area contributed by atoms with E-state index in [-0.39, 0.29) is 10.6 Å². The number of hydrogen-bond acceptors (Lipinski definition) is 2. The minimum atomic E-state index is -0.692. The van der Waals surface area contributed by atoms with Crippen molar-refractivity contribution in [3.8, 4) is 0 Å². The van der Waals surface area contributed by atoms with Crippen LogP contribution in [-0.4, -0.2) is 13.1 Å². The van der Waals surface area contributed by atoms with Crippen molar-refractivity contribution in [2.75, 3.05) is 7.11 Å². The molecule has 0 radical (unpaired) electrons. The second-order valence-corrected chi connectivity index (χ2v) is 3.71. The molecule has 1 aromatic rings. The predicted molar refractivity (Wildman–Crippen MR) is 56.6 cm³/mol. The van der Waals surface area contributed by atoms with Crippen molar-refractivity contribution in [3.05, 3.63) is 34.1 Å². The van der Waals surface area contributed by atoms with Crippen LogP contribution in [0.1, 0.15) is 24.0 Å². The molecule has 1 unspecified atom stereocenters. The van der Waals surface area contributed by atoms with Crippen molar-refractivity contribution in [3.63, 3.8) is 0 Å². The van der Waals surface area contributed by atoms with Gasteiger partial charge in [-0.1, -0.05) is 17.7 Å². The van der Waals surface area contributed by atoms with Gasteiger partial charge in [0.2, 0.25) is 0 Å². The van der Waals surface area contributed by atoms with Crippen LogP contribution in [0.25, 0.3) is 0 Å². The molecule has 4 heteroatoms. The first-order chi connectivity index (χ1) is 6.99. The van der Waals surface area contributed by atoms with Gasteiger partial charge in [0.25, 0.3) is 0 Å². The van der Waals surface area contributed by atoms with E-state index in [1.807, 2.05) is 0 Å². The summed E-state index contributed by atoms with van der Waals surface area (Å²) in [6, 6.07) is 2.88. The van der Waals surface area contributed by atoms with Crippen LogP contribution < -0.4 is 0 Å². The Kier molecular flexibility index (Phi) is 3.69. The van der Waals surface area contributed by atoms with Crippen LogP contribution in [0, 0.1) is 12.7 Å². The number of esters is 1. The molecule has 1 atom stereocenters. The zero-order chi connectivity index (χ0) is 11.6. The summed E-state index contributed by atoms with van der Waals surface area (Å²) in [6.45, 7) is 3.32. The van der Waals surface area contributed by atoms with Gasteiger partial charge in [0.05, 0.1) is 18.1 Å². The number of aryl methyl sites for hydroxylation is 1. The van der Waals surface area contributed by atoms with Crippen molar-refractivity contribution in [1.82, 2.24) is 0 Å². The van der Waals surface area contributed by atoms with E-state index in [1.165, 1.54) is 13.2 Å². The molecule has 0 aromatic heterocycles. The van der Waals surface area contributed by atoms with Crippen molar-refractivity contribution < 1.29 is 13.9 Å². The second kappa shape index (κ2) is 4.62. The Morgan fingerprint density at radius 1 is 1.53 bits per heavy atom. The fraction of sp³-hybridized carbons (Fsp3) is 0.364. The Labute approximate surface area is 93.0 Å². The Morgan fingerprint density at radius 3 is 2.67 bits per heavy atom. The first-order valence-electron chi connectivity index (χ1n) is 4.51. The Morgan fingerprint density at radius 2 is 2.13 bits per heavy atom. The SMILES string of the molecule is COC(=O)C(C)c1c(F)ccc(C)c1Cl. The number of ether oxygens (including phenoxy) is 1. The lowest BCUT2D eigenvalue weighted by molar-refractivity contribution is -0.142. The largest absolute Gasteiger partial charge is 0.469 e. The number of rotatable bonds is 2. The summed E-state index contributed by atoms with van der Waals surface area (Å²) < 4.78 is 18.0. The highest BCUT2D eigenvalue weighted by Gasteiger charge is 2.23. The molecule has 0 N–H and O–H groups in total. The Bertz CT molecular complexity index is 390. The van der Waals surface area contributed by atoms with Gasteiger partial charge in [-0.25, -0.2) is 4.39 Å². The van der Waals surface area contributed by atoms with Gasteiger partial charge in [-0.2, -0.15) is 0 Å². The maximum atomic E-state index is 13.5. The number of methoxy groups -OCH3 is 1. The van der Waals surface area contributed by atoms with Gasteiger partial charge in [0.15, 0.2) is 0 Å². The highest BCUT2D eigenvalue weighted by molar-refractivity contribution is 6.32. The maximum Gasteiger partial charge on any atom is 0.313 e. The van der Waals surface area contributed by atoms with Gasteiger partial charge >= 0.3 is 5.97 Å². The normalized spacial score (nSPS) is 12.3. The summed E-state index contributed by atoms with van der Waals surface area (Å²) >= 11 is 5.95. The molecular weight excluding hydrogens is 219 g/mol. The number of carbonyl (C=O) groups excluding carboxylic acids is 1. The van der Waals surface area contributed by atoms with Crippen molar-refractivity contribution in [2.24, 2.45) is 0 Å². The van der Waals surface area contributed by atoms with Crippen LogP contribution in [0.2, 0.25) is 5.02 Å². The van der Waals surface area contributed by atoms with Gasteiger partial charge in [0.1, 0.15) is 5.82 Å². The van der Waals surface area contributed by atoms with E-state index in [1.54, 1.807) is 19.9 Å². The first kappa shape index (κ1) is 12.0. The summed E-state index contributed by atoms with van der Waals surface area (Å²) in [5.41, 5.74) is 0.937. The van der Waals surface area contributed by atoms with Crippen LogP contribution in [0.4, 0.5) is 4.39 Å². The average Bonchev–Trinajstić information content (AvgIpc) is 2.22. The molecule has 0 aliphatic heterocycles. The Balaban J connectivity index is 3.24. The van der Waals surface area contributed by atoms with Crippen LogP contribution in [-0.2, 0) is 9.53 Å². The molecule has 15 heavy (non-hydrogen) atoms. The van der Waals surface area contributed by atoms with Crippen LogP contribution in [0.5, 0.6) is 0 Å². The molecule has 0 fully saturated rings. The minimum Gasteiger partial charge on any atom is -0.469 e. The highest BCUT2D eigenvalue weighted by atomic mass is 35.5. The molecule has 0 spiro atoms. The van der Waals surface area contributed by atoms with E-state index in [0.29, 0.717) is 0 Å². The van der Waals surface area contributed by atoms with E-state index in [2.05, 4.69) is 4.74 Å².